The Kier molecular flexibility index (Phi) is 12.1. The van der Waals surface area contributed by atoms with E-state index in [2.05, 4.69) is 17.7 Å². The highest BCUT2D eigenvalue weighted by Crippen LogP contribution is 2.04. The van der Waals surface area contributed by atoms with Crippen molar-refractivity contribution in [1.82, 2.24) is 15.8 Å². The molecule has 0 fully saturated rings. The van der Waals surface area contributed by atoms with Crippen molar-refractivity contribution < 1.29 is 19.1 Å². The van der Waals surface area contributed by atoms with Gasteiger partial charge in [0, 0.05) is 6.54 Å². The topological polar surface area (TPSA) is 114 Å². The molecule has 4 N–H and O–H groups in total. The molecule has 8 nitrogen and oxygen atoms in total. The number of rotatable bonds is 12. The molecule has 0 unspecified atom stereocenters. The fourth-order valence-electron chi connectivity index (χ4n) is 2.50. The van der Waals surface area contributed by atoms with Crippen molar-refractivity contribution in [1.29, 1.82) is 0 Å². The van der Waals surface area contributed by atoms with Crippen molar-refractivity contribution in [3.63, 3.8) is 0 Å². The number of amides is 3. The summed E-state index contributed by atoms with van der Waals surface area (Å²) in [4.78, 5) is 35.8. The summed E-state index contributed by atoms with van der Waals surface area (Å²) in [7, 11) is 0. The maximum Gasteiger partial charge on any atom is 0.426 e. The summed E-state index contributed by atoms with van der Waals surface area (Å²) in [6.07, 6.45) is 5.89. The Hall–Kier alpha value is -2.61. The van der Waals surface area contributed by atoms with E-state index in [0.717, 1.165) is 29.8 Å². The molecule has 3 amide bonds. The number of nitrogens with two attached hydrogens (primary N) is 1. The first-order valence-corrected chi connectivity index (χ1v) is 9.81. The molecule has 1 aromatic carbocycles. The van der Waals surface area contributed by atoms with Crippen LogP contribution < -0.4 is 16.5 Å². The maximum absolute atomic E-state index is 12.0. The number of hydrogen-bond donors (Lipinski definition) is 3. The van der Waals surface area contributed by atoms with Gasteiger partial charge in [-0.25, -0.2) is 15.2 Å². The van der Waals surface area contributed by atoms with Crippen molar-refractivity contribution in [2.24, 2.45) is 5.73 Å². The molecule has 0 aliphatic rings. The van der Waals surface area contributed by atoms with Gasteiger partial charge in [0.05, 0.1) is 6.54 Å². The highest BCUT2D eigenvalue weighted by molar-refractivity contribution is 5.86. The van der Waals surface area contributed by atoms with Crippen LogP contribution in [0.25, 0.3) is 0 Å². The third kappa shape index (κ3) is 10.5. The maximum atomic E-state index is 12.0. The van der Waals surface area contributed by atoms with Crippen LogP contribution in [0.3, 0.4) is 0 Å². The van der Waals surface area contributed by atoms with Crippen LogP contribution in [-0.2, 0) is 20.9 Å². The molecule has 0 aliphatic heterocycles. The first-order valence-electron chi connectivity index (χ1n) is 9.81. The Labute approximate surface area is 166 Å². The number of nitrogens with one attached hydrogen (secondary N) is 2. The molecule has 156 valence electrons. The predicted octanol–water partition coefficient (Wildman–Crippen LogP) is 2.09. The van der Waals surface area contributed by atoms with Crippen molar-refractivity contribution >= 4 is 17.9 Å². The van der Waals surface area contributed by atoms with E-state index in [0.29, 0.717) is 6.54 Å². The Balaban J connectivity index is 2.33. The second-order valence-corrected chi connectivity index (χ2v) is 6.48. The first kappa shape index (κ1) is 23.4. The van der Waals surface area contributed by atoms with Crippen molar-refractivity contribution in [2.75, 3.05) is 19.6 Å². The molecular formula is C20H32N4O4. The molecule has 0 radical (unpaired) electrons. The van der Waals surface area contributed by atoms with Gasteiger partial charge in [-0.2, -0.15) is 0 Å². The van der Waals surface area contributed by atoms with E-state index in [1.807, 2.05) is 30.3 Å². The van der Waals surface area contributed by atoms with E-state index in [9.17, 15) is 14.4 Å². The van der Waals surface area contributed by atoms with Crippen LogP contribution in [0.1, 0.15) is 51.0 Å². The molecule has 0 spiro atoms. The standard InChI is InChI=1S/C20H32N4O4/c1-2-3-4-5-6-10-13-22-18(25)15-24(19(26)14-21)23-20(27)28-16-17-11-8-7-9-12-17/h7-9,11-12H,2-6,10,13-16,21H2,1H3,(H,22,25)(H,23,27). The Morgan fingerprint density at radius 3 is 2.39 bits per heavy atom. The van der Waals surface area contributed by atoms with Gasteiger partial charge < -0.3 is 15.8 Å². The molecule has 1 aromatic rings. The third-order valence-corrected chi connectivity index (χ3v) is 4.07. The van der Waals surface area contributed by atoms with Crippen LogP contribution in [-0.4, -0.2) is 42.6 Å². The van der Waals surface area contributed by atoms with E-state index in [4.69, 9.17) is 10.5 Å². The lowest BCUT2D eigenvalue weighted by Gasteiger charge is -2.22. The lowest BCUT2D eigenvalue weighted by atomic mass is 10.1. The third-order valence-electron chi connectivity index (χ3n) is 4.07. The number of hydrazine groups is 1. The van der Waals surface area contributed by atoms with Gasteiger partial charge in [-0.3, -0.25) is 9.59 Å². The molecule has 8 heteroatoms. The number of benzene rings is 1. The zero-order valence-electron chi connectivity index (χ0n) is 16.6. The number of hydrogen-bond acceptors (Lipinski definition) is 5. The van der Waals surface area contributed by atoms with E-state index in [1.165, 1.54) is 19.3 Å². The average molecular weight is 393 g/mol. The largest absolute Gasteiger partial charge is 0.443 e. The number of unbranched alkanes of at least 4 members (excludes halogenated alkanes) is 5. The Morgan fingerprint density at radius 2 is 1.71 bits per heavy atom. The summed E-state index contributed by atoms with van der Waals surface area (Å²) in [5, 5.41) is 3.63. The highest BCUT2D eigenvalue weighted by Gasteiger charge is 2.19. The summed E-state index contributed by atoms with van der Waals surface area (Å²) >= 11 is 0. The van der Waals surface area contributed by atoms with Gasteiger partial charge in [-0.05, 0) is 12.0 Å². The number of nitrogens with zero attached hydrogens (tertiary/aromatic N) is 1. The van der Waals surface area contributed by atoms with Gasteiger partial charge >= 0.3 is 6.09 Å². The normalized spacial score (nSPS) is 10.2. The van der Waals surface area contributed by atoms with Crippen LogP contribution >= 0.6 is 0 Å². The minimum Gasteiger partial charge on any atom is -0.443 e. The van der Waals surface area contributed by atoms with Crippen LogP contribution in [0, 0.1) is 0 Å². The zero-order valence-corrected chi connectivity index (χ0v) is 16.6. The van der Waals surface area contributed by atoms with Crippen LogP contribution in [0.4, 0.5) is 4.79 Å². The Bertz CT molecular complexity index is 595. The van der Waals surface area contributed by atoms with Gasteiger partial charge in [-0.1, -0.05) is 69.4 Å². The number of carbonyl (C=O) groups is 3. The molecule has 0 aromatic heterocycles. The lowest BCUT2D eigenvalue weighted by molar-refractivity contribution is -0.137. The van der Waals surface area contributed by atoms with Crippen LogP contribution in [0.5, 0.6) is 0 Å². The van der Waals surface area contributed by atoms with Crippen molar-refractivity contribution in [2.45, 2.75) is 52.1 Å². The smallest absolute Gasteiger partial charge is 0.426 e. The molecule has 28 heavy (non-hydrogen) atoms. The van der Waals surface area contributed by atoms with Crippen LogP contribution in [0.15, 0.2) is 30.3 Å². The summed E-state index contributed by atoms with van der Waals surface area (Å²) in [6.45, 7) is 2.12. The van der Waals surface area contributed by atoms with Gasteiger partial charge in [-0.15, -0.1) is 0 Å². The first-order chi connectivity index (χ1) is 13.6. The average Bonchev–Trinajstić information content (AvgIpc) is 2.71. The second-order valence-electron chi connectivity index (χ2n) is 6.48. The fourth-order valence-corrected chi connectivity index (χ4v) is 2.50. The van der Waals surface area contributed by atoms with E-state index >= 15 is 0 Å². The molecule has 1 rings (SSSR count). The molecule has 0 aliphatic carbocycles. The van der Waals surface area contributed by atoms with Gasteiger partial charge in [0.1, 0.15) is 13.2 Å². The summed E-state index contributed by atoms with van der Waals surface area (Å²) in [5.41, 5.74) is 8.44. The fraction of sp³-hybridized carbons (Fsp3) is 0.550. The zero-order chi connectivity index (χ0) is 20.6. The summed E-state index contributed by atoms with van der Waals surface area (Å²) in [5.74, 6) is -0.940. The number of carbonyl (C=O) groups excluding carboxylic acids is 3. The SMILES string of the molecule is CCCCCCCCNC(=O)CN(NC(=O)OCc1ccccc1)C(=O)CN. The second kappa shape index (κ2) is 14.4. The predicted molar refractivity (Wildman–Crippen MR) is 107 cm³/mol. The molecule has 0 bridgehead atoms. The lowest BCUT2D eigenvalue weighted by Crippen LogP contribution is -2.52. The molecule has 0 saturated heterocycles. The van der Waals surface area contributed by atoms with E-state index in [-0.39, 0.29) is 25.6 Å². The number of ether oxygens (including phenoxy) is 1. The highest BCUT2D eigenvalue weighted by atomic mass is 16.6. The minimum atomic E-state index is -0.825. The molecular weight excluding hydrogens is 360 g/mol. The van der Waals surface area contributed by atoms with E-state index in [1.54, 1.807) is 0 Å². The van der Waals surface area contributed by atoms with Crippen LogP contribution in [0.2, 0.25) is 0 Å². The molecule has 0 heterocycles. The monoisotopic (exact) mass is 392 g/mol. The Morgan fingerprint density at radius 1 is 1.04 bits per heavy atom. The van der Waals surface area contributed by atoms with Crippen molar-refractivity contribution in [3.05, 3.63) is 35.9 Å². The summed E-state index contributed by atoms with van der Waals surface area (Å²) < 4.78 is 5.06. The van der Waals surface area contributed by atoms with Gasteiger partial charge in [0.15, 0.2) is 0 Å². The van der Waals surface area contributed by atoms with Gasteiger partial charge in [0.2, 0.25) is 5.91 Å². The molecule has 0 atom stereocenters. The quantitative estimate of drug-likeness (QED) is 0.372. The van der Waals surface area contributed by atoms with Gasteiger partial charge in [0.25, 0.3) is 5.91 Å². The van der Waals surface area contributed by atoms with E-state index < -0.39 is 12.0 Å². The minimum absolute atomic E-state index is 0.0571. The van der Waals surface area contributed by atoms with Crippen molar-refractivity contribution in [3.8, 4) is 0 Å². The summed E-state index contributed by atoms with van der Waals surface area (Å²) in [6, 6.07) is 9.14. The molecule has 0 saturated carbocycles.